The highest BCUT2D eigenvalue weighted by Gasteiger charge is 2.31. The van der Waals surface area contributed by atoms with Crippen LogP contribution < -0.4 is 10.6 Å². The lowest BCUT2D eigenvalue weighted by Crippen LogP contribution is -2.41. The number of nitrogens with one attached hydrogen (secondary N) is 2. The molecule has 1 aliphatic rings. The Morgan fingerprint density at radius 1 is 1.16 bits per heavy atom. The van der Waals surface area contributed by atoms with Crippen molar-refractivity contribution in [1.29, 1.82) is 0 Å². The number of sulfone groups is 1. The Balaban J connectivity index is 1.78. The number of carboxylic acid groups (broad SMARTS) is 1. The van der Waals surface area contributed by atoms with Gasteiger partial charge in [0.15, 0.2) is 9.84 Å². The molecule has 2 aromatic rings. The van der Waals surface area contributed by atoms with Crippen LogP contribution >= 0.6 is 23.2 Å². The molecule has 32 heavy (non-hydrogen) atoms. The minimum Gasteiger partial charge on any atom is -0.480 e. The highest BCUT2D eigenvalue weighted by atomic mass is 35.5. The molecule has 1 aromatic carbocycles. The summed E-state index contributed by atoms with van der Waals surface area (Å²) in [5.74, 6) is -2.04. The number of allylic oxidation sites excluding steroid dienone is 1. The van der Waals surface area contributed by atoms with Gasteiger partial charge in [0.1, 0.15) is 6.04 Å². The van der Waals surface area contributed by atoms with Gasteiger partial charge in [0.05, 0.1) is 21.4 Å². The minimum absolute atomic E-state index is 0.0294. The van der Waals surface area contributed by atoms with Crippen LogP contribution in [0.25, 0.3) is 0 Å². The fraction of sp³-hybridized carbons (Fsp3) is 0.286. The molecule has 2 atom stereocenters. The van der Waals surface area contributed by atoms with Crippen LogP contribution in [0.3, 0.4) is 0 Å². The summed E-state index contributed by atoms with van der Waals surface area (Å²) in [4.78, 5) is 28.3. The molecule has 1 amide bonds. The second-order valence-electron chi connectivity index (χ2n) is 7.29. The van der Waals surface area contributed by atoms with Gasteiger partial charge in [0, 0.05) is 41.5 Å². The van der Waals surface area contributed by atoms with Crippen molar-refractivity contribution in [2.24, 2.45) is 0 Å². The molecule has 170 valence electrons. The van der Waals surface area contributed by atoms with Crippen molar-refractivity contribution >= 4 is 50.6 Å². The molecule has 0 fully saturated rings. The van der Waals surface area contributed by atoms with Crippen LogP contribution in [0.1, 0.15) is 41.6 Å². The number of carbonyl (C=O) groups excluding carboxylic acids is 1. The molecular formula is C21H21Cl2N3O5S. The van der Waals surface area contributed by atoms with E-state index in [-0.39, 0.29) is 27.8 Å². The van der Waals surface area contributed by atoms with Gasteiger partial charge in [-0.2, -0.15) is 0 Å². The molecule has 1 aliphatic heterocycles. The molecule has 11 heteroatoms. The van der Waals surface area contributed by atoms with Crippen LogP contribution in [-0.2, 0) is 14.6 Å². The third-order valence-corrected chi connectivity index (χ3v) is 7.09. The summed E-state index contributed by atoms with van der Waals surface area (Å²) in [7, 11) is -3.29. The average Bonchev–Trinajstić information content (AvgIpc) is 3.07. The van der Waals surface area contributed by atoms with Crippen LogP contribution in [0.4, 0.5) is 5.69 Å². The maximum Gasteiger partial charge on any atom is 0.326 e. The lowest BCUT2D eigenvalue weighted by Gasteiger charge is -2.25. The Bertz CT molecular complexity index is 1150. The van der Waals surface area contributed by atoms with Crippen LogP contribution in [0.5, 0.6) is 0 Å². The maximum atomic E-state index is 12.5. The van der Waals surface area contributed by atoms with Gasteiger partial charge in [0.25, 0.3) is 5.91 Å². The van der Waals surface area contributed by atoms with E-state index in [1.54, 1.807) is 24.3 Å². The first kappa shape index (κ1) is 24.0. The summed E-state index contributed by atoms with van der Waals surface area (Å²) in [5, 5.41) is 16.7. The van der Waals surface area contributed by atoms with Crippen molar-refractivity contribution in [3.63, 3.8) is 0 Å². The van der Waals surface area contributed by atoms with E-state index < -0.39 is 33.7 Å². The van der Waals surface area contributed by atoms with Crippen molar-refractivity contribution in [3.8, 4) is 0 Å². The fourth-order valence-corrected chi connectivity index (χ4v) is 5.30. The summed E-state index contributed by atoms with van der Waals surface area (Å²) in [5.41, 5.74) is 1.70. The lowest BCUT2D eigenvalue weighted by molar-refractivity contribution is -0.140. The number of anilines is 1. The number of hydrogen-bond donors (Lipinski definition) is 3. The number of rotatable bonds is 8. The van der Waals surface area contributed by atoms with Gasteiger partial charge in [0.2, 0.25) is 0 Å². The largest absolute Gasteiger partial charge is 0.480 e. The first-order chi connectivity index (χ1) is 15.1. The number of pyridine rings is 1. The van der Waals surface area contributed by atoms with Gasteiger partial charge in [-0.1, -0.05) is 42.3 Å². The second-order valence-corrected chi connectivity index (χ2v) is 10.1. The van der Waals surface area contributed by atoms with Gasteiger partial charge < -0.3 is 15.7 Å². The van der Waals surface area contributed by atoms with E-state index in [2.05, 4.69) is 15.6 Å². The number of halogens is 2. The molecule has 8 nitrogen and oxygen atoms in total. The Morgan fingerprint density at radius 3 is 2.28 bits per heavy atom. The first-order valence-electron chi connectivity index (χ1n) is 9.74. The van der Waals surface area contributed by atoms with E-state index in [9.17, 15) is 23.1 Å². The fourth-order valence-electron chi connectivity index (χ4n) is 3.53. The monoisotopic (exact) mass is 497 g/mol. The standard InChI is InChI=1S/C21H21Cl2N3O5S/c1-2-15(19(21(28)29)25-14-7-8-32(30,31)11-14)12-3-5-13(6-4-12)26-20(27)18-16(22)9-24-10-17(18)23/h3-6,9-11,15,19,25H,2,7-8H2,1H3,(H,26,27)(H,28,29). The van der Waals surface area contributed by atoms with Crippen molar-refractivity contribution in [2.75, 3.05) is 11.1 Å². The molecular weight excluding hydrogens is 477 g/mol. The molecule has 0 saturated carbocycles. The SMILES string of the molecule is CCC(c1ccc(NC(=O)c2c(Cl)cncc2Cl)cc1)C(NC1=CS(=O)(=O)CC1)C(=O)O. The zero-order chi connectivity index (χ0) is 23.5. The van der Waals surface area contributed by atoms with Crippen molar-refractivity contribution in [2.45, 2.75) is 31.7 Å². The van der Waals surface area contributed by atoms with Crippen LogP contribution in [0.2, 0.25) is 10.0 Å². The smallest absolute Gasteiger partial charge is 0.326 e. The molecule has 0 aliphatic carbocycles. The third kappa shape index (κ3) is 5.59. The zero-order valence-corrected chi connectivity index (χ0v) is 19.3. The summed E-state index contributed by atoms with van der Waals surface area (Å²) in [6.45, 7) is 1.85. The average molecular weight is 498 g/mol. The molecule has 1 aromatic heterocycles. The quantitative estimate of drug-likeness (QED) is 0.505. The molecule has 0 saturated heterocycles. The Morgan fingerprint density at radius 2 is 1.78 bits per heavy atom. The number of aliphatic carboxylic acids is 1. The molecule has 0 bridgehead atoms. The maximum absolute atomic E-state index is 12.5. The van der Waals surface area contributed by atoms with E-state index >= 15 is 0 Å². The van der Waals surface area contributed by atoms with Gasteiger partial charge in [-0.3, -0.25) is 9.78 Å². The summed E-state index contributed by atoms with van der Waals surface area (Å²) < 4.78 is 23.3. The van der Waals surface area contributed by atoms with E-state index in [1.807, 2.05) is 6.92 Å². The number of amides is 1. The van der Waals surface area contributed by atoms with Gasteiger partial charge >= 0.3 is 5.97 Å². The molecule has 2 heterocycles. The van der Waals surface area contributed by atoms with E-state index in [0.29, 0.717) is 17.8 Å². The molecule has 3 N–H and O–H groups in total. The number of aromatic nitrogens is 1. The predicted molar refractivity (Wildman–Crippen MR) is 123 cm³/mol. The topological polar surface area (TPSA) is 125 Å². The number of carboxylic acids is 1. The highest BCUT2D eigenvalue weighted by molar-refractivity contribution is 7.94. The number of hydrogen-bond acceptors (Lipinski definition) is 6. The van der Waals surface area contributed by atoms with Crippen LogP contribution in [0, 0.1) is 0 Å². The van der Waals surface area contributed by atoms with Gasteiger partial charge in [-0.15, -0.1) is 0 Å². The van der Waals surface area contributed by atoms with Crippen LogP contribution in [-0.4, -0.2) is 42.2 Å². The second kappa shape index (κ2) is 9.89. The van der Waals surface area contributed by atoms with Gasteiger partial charge in [-0.25, -0.2) is 13.2 Å². The summed E-state index contributed by atoms with van der Waals surface area (Å²) >= 11 is 12.0. The minimum atomic E-state index is -3.29. The van der Waals surface area contributed by atoms with Gasteiger partial charge in [-0.05, 0) is 24.1 Å². The van der Waals surface area contributed by atoms with E-state index in [4.69, 9.17) is 23.2 Å². The van der Waals surface area contributed by atoms with Crippen molar-refractivity contribution in [3.05, 3.63) is 68.9 Å². The lowest BCUT2D eigenvalue weighted by atomic mass is 9.88. The number of carbonyl (C=O) groups is 2. The third-order valence-electron chi connectivity index (χ3n) is 5.10. The van der Waals surface area contributed by atoms with E-state index in [1.165, 1.54) is 12.4 Å². The normalized spacial score (nSPS) is 16.7. The molecule has 2 unspecified atom stereocenters. The first-order valence-corrected chi connectivity index (χ1v) is 12.2. The molecule has 0 spiro atoms. The Kier molecular flexibility index (Phi) is 7.43. The number of benzene rings is 1. The Labute approximate surface area is 195 Å². The predicted octanol–water partition coefficient (Wildman–Crippen LogP) is 3.84. The zero-order valence-electron chi connectivity index (χ0n) is 17.0. The summed E-state index contributed by atoms with van der Waals surface area (Å²) in [6.07, 6.45) is 3.40. The van der Waals surface area contributed by atoms with Crippen molar-refractivity contribution < 1.29 is 23.1 Å². The highest BCUT2D eigenvalue weighted by Crippen LogP contribution is 2.28. The summed E-state index contributed by atoms with van der Waals surface area (Å²) in [6, 6.07) is 5.73. The molecule has 3 rings (SSSR count). The molecule has 0 radical (unpaired) electrons. The van der Waals surface area contributed by atoms with Crippen LogP contribution in [0.15, 0.2) is 47.8 Å². The van der Waals surface area contributed by atoms with E-state index in [0.717, 1.165) is 11.0 Å². The van der Waals surface area contributed by atoms with Crippen molar-refractivity contribution in [1.82, 2.24) is 10.3 Å². The number of nitrogens with zero attached hydrogens (tertiary/aromatic N) is 1. The Hall–Kier alpha value is -2.62.